The Morgan fingerprint density at radius 1 is 0.491 bits per heavy atom. The molecule has 30 atom stereocenters. The van der Waals surface area contributed by atoms with Crippen LogP contribution >= 0.6 is 0 Å². The Kier molecular flexibility index (Phi) is 25.0. The molecule has 12 saturated carbocycles. The number of carbonyl (C=O) groups is 6. The SMILES string of the molecule is C.COC(=O)CCC(C)[C@H]1CCC2C3CCC4CC(N)CC[C@]4(C)C3CC(O)[C@@]21C.COC(=O)CCC(C)[C@H]1CCC2C3CCC4CC(N5C(=O)c6ccccc6C5=O)CC[C@]4(C)C3CC(O)[C@@]21C.COC(=O)CCC(C)[C@H]1CCC2C3CCC4CC(NC(=O)c5ccccc5CO)CC[C@]4(C)C3CC(O)[C@@]21C.[H+]. The number of nitrogens with zero attached hydrogens (tertiary/aromatic N) is 1. The van der Waals surface area contributed by atoms with Crippen LogP contribution in [0.1, 0.15) is 300 Å². The number of imide groups is 1. The number of carbonyl (C=O) groups excluding carboxylic acids is 6. The Labute approximate surface area is 649 Å². The fourth-order valence-electron chi connectivity index (χ4n) is 29.6. The lowest BCUT2D eigenvalue weighted by Gasteiger charge is -2.63. The van der Waals surface area contributed by atoms with Crippen LogP contribution in [0.3, 0.4) is 0 Å². The number of hydrogen-bond acceptors (Lipinski definition) is 14. The van der Waals surface area contributed by atoms with Gasteiger partial charge in [0.25, 0.3) is 17.7 Å². The van der Waals surface area contributed by atoms with Crippen LogP contribution in [0.5, 0.6) is 0 Å². The first-order valence-corrected chi connectivity index (χ1v) is 42.9. The van der Waals surface area contributed by atoms with Gasteiger partial charge in [-0.1, -0.05) is 100 Å². The Bertz CT molecular complexity index is 3520. The molecule has 15 rings (SSSR count). The second-order valence-corrected chi connectivity index (χ2v) is 39.4. The largest absolute Gasteiger partial charge is 1.00 e. The summed E-state index contributed by atoms with van der Waals surface area (Å²) in [5.74, 6) is 9.07. The normalized spacial score (nSPS) is 43.1. The molecule has 2 aromatic carbocycles. The summed E-state index contributed by atoms with van der Waals surface area (Å²) < 4.78 is 14.6. The Hall–Kier alpha value is -4.74. The number of hydrogen-bond donors (Lipinski definition) is 6. The van der Waals surface area contributed by atoms with Gasteiger partial charge in [-0.3, -0.25) is 33.7 Å². The van der Waals surface area contributed by atoms with Crippen molar-refractivity contribution in [2.24, 2.45) is 145 Å². The van der Waals surface area contributed by atoms with E-state index in [1.54, 1.807) is 23.1 Å². The van der Waals surface area contributed by atoms with Gasteiger partial charge >= 0.3 is 19.3 Å². The standard InChI is InChI=1S/C33H45NO5.C33H49NO5.C25H43NO3.CH4/c1-19(9-14-29(36)39-4)25-12-13-26-24-11-10-20-17-21(34-30(37)22-7-5-6-8-23(22)31(34)38)15-16-32(20,2)27(24)18-28(35)33(25,26)3;1-20(9-14-30(37)39-4)26-12-13-27-25-11-10-22-17-23(34-31(38)24-8-6-5-7-21(24)19-35)15-16-32(22,2)28(25)18-29(36)33(26,27)3;1-15(5-10-23(28)29-4)19-8-9-20-18-7-6-16-13-17(26)11-12-24(16,2)21(18)14-22(27)25(19,20)3;/h5-8,19-21,24-28,35H,9-18H2,1-4H3;5-8,20,22-23,25-29,35-36H,9-19H2,1-4H3,(H,34,38);15-22,27H,5-14,26H2,1-4H3;1H4/p+1/t19?,20?,21?,24?,25-,26?,27?,28?,32+,33-;20?,22?,23?,25?,26-,27?,28?,29?,32+,33-;15?,16?,17?,18?,19-,20?,21?,22?,24+,25-;/m111./s1. The number of nitrogens with one attached hydrogen (secondary N) is 1. The minimum absolute atomic E-state index is 0. The van der Waals surface area contributed by atoms with Gasteiger partial charge < -0.3 is 45.7 Å². The topological polar surface area (TPSA) is 252 Å². The third-order valence-corrected chi connectivity index (χ3v) is 35.7. The molecule has 13 aliphatic rings. The Morgan fingerprint density at radius 2 is 0.861 bits per heavy atom. The van der Waals surface area contributed by atoms with Gasteiger partial charge in [0.1, 0.15) is 0 Å². The summed E-state index contributed by atoms with van der Waals surface area (Å²) in [6.07, 6.45) is 29.6. The molecule has 3 amide bonds. The van der Waals surface area contributed by atoms with Crippen molar-refractivity contribution < 1.29 is 64.8 Å². The summed E-state index contributed by atoms with van der Waals surface area (Å²) in [5, 5.41) is 48.1. The number of methoxy groups -OCH3 is 3. The first-order chi connectivity index (χ1) is 50.9. The van der Waals surface area contributed by atoms with Crippen LogP contribution in [-0.4, -0.2) is 119 Å². The zero-order valence-corrected chi connectivity index (χ0v) is 67.4. The maximum absolute atomic E-state index is 13.2. The number of rotatable bonds is 16. The van der Waals surface area contributed by atoms with E-state index in [-0.39, 0.29) is 109 Å². The van der Waals surface area contributed by atoms with Crippen LogP contribution in [0.25, 0.3) is 0 Å². The molecule has 21 unspecified atom stereocenters. The molecule has 602 valence electrons. The highest BCUT2D eigenvalue weighted by atomic mass is 16.5. The summed E-state index contributed by atoms with van der Waals surface area (Å²) in [7, 11) is 4.38. The molecule has 12 aliphatic carbocycles. The van der Waals surface area contributed by atoms with Crippen LogP contribution in [0.15, 0.2) is 48.5 Å². The van der Waals surface area contributed by atoms with E-state index in [1.807, 2.05) is 30.3 Å². The summed E-state index contributed by atoms with van der Waals surface area (Å²) in [4.78, 5) is 76.3. The first-order valence-electron chi connectivity index (χ1n) is 42.9. The highest BCUT2D eigenvalue weighted by molar-refractivity contribution is 6.21. The molecule has 0 aromatic heterocycles. The number of esters is 3. The van der Waals surface area contributed by atoms with E-state index in [9.17, 15) is 49.2 Å². The highest BCUT2D eigenvalue weighted by Gasteiger charge is 2.68. The number of amides is 3. The lowest BCUT2D eigenvalue weighted by molar-refractivity contribution is -0.171. The average molecular weight is 1500 g/mol. The fourth-order valence-corrected chi connectivity index (χ4v) is 29.6. The van der Waals surface area contributed by atoms with Crippen molar-refractivity contribution >= 4 is 35.6 Å². The third kappa shape index (κ3) is 14.4. The first kappa shape index (κ1) is 82.7. The Morgan fingerprint density at radius 3 is 1.27 bits per heavy atom. The van der Waals surface area contributed by atoms with Crippen molar-refractivity contribution in [2.75, 3.05) is 21.3 Å². The zero-order valence-electron chi connectivity index (χ0n) is 68.4. The van der Waals surface area contributed by atoms with Gasteiger partial charge in [-0.2, -0.15) is 0 Å². The van der Waals surface area contributed by atoms with Crippen LogP contribution < -0.4 is 11.1 Å². The number of ether oxygens (including phenoxy) is 3. The van der Waals surface area contributed by atoms with Crippen LogP contribution in [0, 0.1) is 139 Å². The quantitative estimate of drug-likeness (QED) is 0.0520. The van der Waals surface area contributed by atoms with Gasteiger partial charge in [0.2, 0.25) is 0 Å². The molecular formula is C92H142N3O13+. The minimum Gasteiger partial charge on any atom is -0.469 e. The number of benzene rings is 2. The molecule has 0 radical (unpaired) electrons. The van der Waals surface area contributed by atoms with Crippen molar-refractivity contribution in [1.29, 1.82) is 0 Å². The molecular weight excluding hydrogens is 1360 g/mol. The summed E-state index contributed by atoms with van der Waals surface area (Å²) in [6.45, 7) is 21.2. The molecule has 16 nitrogen and oxygen atoms in total. The summed E-state index contributed by atoms with van der Waals surface area (Å²) >= 11 is 0. The van der Waals surface area contributed by atoms with Gasteiger partial charge in [-0.05, 0) is 336 Å². The maximum atomic E-state index is 13.2. The molecule has 1 aliphatic heterocycles. The van der Waals surface area contributed by atoms with Gasteiger partial charge in [0.15, 0.2) is 0 Å². The van der Waals surface area contributed by atoms with E-state index in [4.69, 9.17) is 19.9 Å². The molecule has 12 fully saturated rings. The Balaban J connectivity index is 0.000000163. The smallest absolute Gasteiger partial charge is 0.469 e. The fraction of sp³-hybridized carbons (Fsp3) is 0.804. The monoisotopic (exact) mass is 1500 g/mol. The molecule has 1 heterocycles. The molecule has 2 aromatic rings. The average Bonchev–Trinajstić information content (AvgIpc) is 1.68. The molecule has 0 saturated heterocycles. The second-order valence-electron chi connectivity index (χ2n) is 39.4. The molecule has 7 N–H and O–H groups in total. The molecule has 0 spiro atoms. The summed E-state index contributed by atoms with van der Waals surface area (Å²) in [5.41, 5.74) is 9.20. The van der Waals surface area contributed by atoms with Crippen LogP contribution in [0.4, 0.5) is 0 Å². The molecule has 108 heavy (non-hydrogen) atoms. The van der Waals surface area contributed by atoms with Crippen molar-refractivity contribution in [3.05, 3.63) is 70.8 Å². The van der Waals surface area contributed by atoms with E-state index >= 15 is 0 Å². The van der Waals surface area contributed by atoms with Crippen LogP contribution in [0.2, 0.25) is 0 Å². The number of aliphatic hydroxyl groups is 4. The second kappa shape index (κ2) is 32.6. The summed E-state index contributed by atoms with van der Waals surface area (Å²) in [6, 6.07) is 15.0. The van der Waals surface area contributed by atoms with Crippen molar-refractivity contribution in [3.63, 3.8) is 0 Å². The van der Waals surface area contributed by atoms with Gasteiger partial charge in [-0.15, -0.1) is 0 Å². The molecule has 0 bridgehead atoms. The lowest BCUT2D eigenvalue weighted by Crippen LogP contribution is -2.59. The van der Waals surface area contributed by atoms with E-state index < -0.39 is 0 Å². The number of fused-ring (bicyclic) bond motifs is 16. The zero-order chi connectivity index (χ0) is 76.6. The van der Waals surface area contributed by atoms with Crippen molar-refractivity contribution in [3.8, 4) is 0 Å². The van der Waals surface area contributed by atoms with Crippen molar-refractivity contribution in [2.45, 2.75) is 305 Å². The molecule has 16 heteroatoms. The van der Waals surface area contributed by atoms with E-state index in [1.165, 1.54) is 92.0 Å². The van der Waals surface area contributed by atoms with Gasteiger partial charge in [0, 0.05) is 43.0 Å². The van der Waals surface area contributed by atoms with E-state index in [0.29, 0.717) is 148 Å². The third-order valence-electron chi connectivity index (χ3n) is 35.7. The maximum Gasteiger partial charge on any atom is 1.00 e. The highest BCUT2D eigenvalue weighted by Crippen LogP contribution is 2.72. The predicted molar refractivity (Wildman–Crippen MR) is 421 cm³/mol. The number of nitrogens with two attached hydrogens (primary N) is 1. The predicted octanol–water partition coefficient (Wildman–Crippen LogP) is 16.6. The minimum atomic E-state index is -0.332. The lowest BCUT2D eigenvalue weighted by atomic mass is 9.43. The van der Waals surface area contributed by atoms with Crippen LogP contribution in [-0.2, 0) is 35.2 Å². The van der Waals surface area contributed by atoms with Crippen molar-refractivity contribution in [1.82, 2.24) is 10.2 Å². The number of aliphatic hydroxyl groups excluding tert-OH is 4. The van der Waals surface area contributed by atoms with Gasteiger partial charge in [-0.25, -0.2) is 0 Å². The van der Waals surface area contributed by atoms with Gasteiger partial charge in [0.05, 0.1) is 57.4 Å². The van der Waals surface area contributed by atoms with E-state index in [2.05, 4.69) is 67.6 Å². The van der Waals surface area contributed by atoms with E-state index in [0.717, 1.165) is 115 Å².